The number of aromatic nitrogens is 2. The number of pyridine rings is 1. The molecule has 1 saturated heterocycles. The molecule has 1 unspecified atom stereocenters. The van der Waals surface area contributed by atoms with Gasteiger partial charge in [0.15, 0.2) is 5.13 Å². The predicted octanol–water partition coefficient (Wildman–Crippen LogP) is 3.24. The zero-order valence-corrected chi connectivity index (χ0v) is 14.3. The van der Waals surface area contributed by atoms with Crippen LogP contribution in [0, 0.1) is 0 Å². The first-order valence-electron chi connectivity index (χ1n) is 7.68. The Balaban J connectivity index is 1.50. The molecule has 0 spiro atoms. The van der Waals surface area contributed by atoms with Gasteiger partial charge >= 0.3 is 0 Å². The molecule has 0 saturated carbocycles. The first kappa shape index (κ1) is 15.0. The maximum absolute atomic E-state index is 5.49. The van der Waals surface area contributed by atoms with E-state index in [-0.39, 0.29) is 0 Å². The van der Waals surface area contributed by atoms with Crippen LogP contribution in [0.2, 0.25) is 0 Å². The van der Waals surface area contributed by atoms with Crippen molar-refractivity contribution in [1.29, 1.82) is 0 Å². The summed E-state index contributed by atoms with van der Waals surface area (Å²) >= 11 is 3.43. The van der Waals surface area contributed by atoms with Crippen molar-refractivity contribution in [3.8, 4) is 0 Å². The Morgan fingerprint density at radius 3 is 3.00 bits per heavy atom. The molecule has 0 bridgehead atoms. The number of hydrogen-bond acceptors (Lipinski definition) is 7. The topological polar surface area (TPSA) is 50.3 Å². The highest BCUT2D eigenvalue weighted by molar-refractivity contribution is 7.22. The second-order valence-electron chi connectivity index (χ2n) is 5.46. The Morgan fingerprint density at radius 1 is 1.30 bits per heavy atom. The Hall–Kier alpha value is -1.54. The van der Waals surface area contributed by atoms with E-state index in [1.165, 1.54) is 10.3 Å². The lowest BCUT2D eigenvalue weighted by Gasteiger charge is -2.34. The molecule has 4 heterocycles. The van der Waals surface area contributed by atoms with Crippen LogP contribution in [-0.4, -0.2) is 47.7 Å². The highest BCUT2D eigenvalue weighted by Crippen LogP contribution is 2.28. The van der Waals surface area contributed by atoms with E-state index in [4.69, 9.17) is 4.74 Å². The molecule has 23 heavy (non-hydrogen) atoms. The first-order valence-corrected chi connectivity index (χ1v) is 9.44. The third kappa shape index (κ3) is 3.37. The van der Waals surface area contributed by atoms with Gasteiger partial charge in [-0.2, -0.15) is 11.3 Å². The lowest BCUT2D eigenvalue weighted by atomic mass is 10.1. The van der Waals surface area contributed by atoms with E-state index in [1.54, 1.807) is 22.7 Å². The maximum Gasteiger partial charge on any atom is 0.183 e. The standard InChI is InChI=1S/C16H18N4OS2/c1-3-17-9-13-15(1)23-16(19-13)18-10-14(12-2-8-22-11-12)20-4-6-21-7-5-20/h1-3,8-9,11,14H,4-7,10H2,(H,18,19). The Labute approximate surface area is 142 Å². The van der Waals surface area contributed by atoms with Crippen LogP contribution in [0.4, 0.5) is 5.13 Å². The summed E-state index contributed by atoms with van der Waals surface area (Å²) in [4.78, 5) is 11.2. The van der Waals surface area contributed by atoms with Gasteiger partial charge in [0.25, 0.3) is 0 Å². The summed E-state index contributed by atoms with van der Waals surface area (Å²) in [5.74, 6) is 0. The zero-order chi connectivity index (χ0) is 15.5. The molecule has 0 aromatic carbocycles. The maximum atomic E-state index is 5.49. The SMILES string of the molecule is c1cc2sc(NCC(c3ccsc3)N3CCOCC3)nc2cn1. The van der Waals surface area contributed by atoms with Crippen molar-refractivity contribution < 1.29 is 4.74 Å². The number of rotatable bonds is 5. The fourth-order valence-corrected chi connectivity index (χ4v) is 4.40. The molecule has 1 aliphatic rings. The van der Waals surface area contributed by atoms with Gasteiger partial charge in [-0.3, -0.25) is 9.88 Å². The smallest absolute Gasteiger partial charge is 0.183 e. The predicted molar refractivity (Wildman–Crippen MR) is 95.4 cm³/mol. The number of fused-ring (bicyclic) bond motifs is 1. The number of morpholine rings is 1. The molecule has 0 amide bonds. The highest BCUT2D eigenvalue weighted by Gasteiger charge is 2.23. The van der Waals surface area contributed by atoms with E-state index in [2.05, 4.69) is 37.0 Å². The summed E-state index contributed by atoms with van der Waals surface area (Å²) in [6.07, 6.45) is 3.63. The first-order chi connectivity index (χ1) is 11.4. The fraction of sp³-hybridized carbons (Fsp3) is 0.375. The third-order valence-corrected chi connectivity index (χ3v) is 5.75. The number of nitrogens with one attached hydrogen (secondary N) is 1. The van der Waals surface area contributed by atoms with Gasteiger partial charge in [0.1, 0.15) is 5.52 Å². The van der Waals surface area contributed by atoms with Gasteiger partial charge in [-0.05, 0) is 28.5 Å². The molecule has 1 atom stereocenters. The zero-order valence-electron chi connectivity index (χ0n) is 12.6. The molecular weight excluding hydrogens is 328 g/mol. The van der Waals surface area contributed by atoms with E-state index in [0.717, 1.165) is 43.5 Å². The molecule has 0 aliphatic carbocycles. The van der Waals surface area contributed by atoms with Crippen LogP contribution in [0.5, 0.6) is 0 Å². The molecule has 120 valence electrons. The largest absolute Gasteiger partial charge is 0.379 e. The quantitative estimate of drug-likeness (QED) is 0.769. The van der Waals surface area contributed by atoms with E-state index in [0.29, 0.717) is 6.04 Å². The minimum absolute atomic E-state index is 0.357. The minimum atomic E-state index is 0.357. The molecule has 1 aliphatic heterocycles. The monoisotopic (exact) mass is 346 g/mol. The lowest BCUT2D eigenvalue weighted by Crippen LogP contribution is -2.41. The minimum Gasteiger partial charge on any atom is -0.379 e. The average Bonchev–Trinajstić information content (AvgIpc) is 3.25. The van der Waals surface area contributed by atoms with Crippen LogP contribution in [0.25, 0.3) is 10.2 Å². The average molecular weight is 346 g/mol. The second-order valence-corrected chi connectivity index (χ2v) is 7.27. The van der Waals surface area contributed by atoms with Gasteiger partial charge in [-0.25, -0.2) is 4.98 Å². The summed E-state index contributed by atoms with van der Waals surface area (Å²) in [5.41, 5.74) is 2.32. The van der Waals surface area contributed by atoms with Crippen LogP contribution in [0.3, 0.4) is 0 Å². The lowest BCUT2D eigenvalue weighted by molar-refractivity contribution is 0.0188. The van der Waals surface area contributed by atoms with Gasteiger partial charge in [0.2, 0.25) is 0 Å². The number of ether oxygens (including phenoxy) is 1. The van der Waals surface area contributed by atoms with Crippen LogP contribution in [-0.2, 0) is 4.74 Å². The number of thiazole rings is 1. The van der Waals surface area contributed by atoms with Crippen molar-refractivity contribution in [3.63, 3.8) is 0 Å². The molecule has 0 radical (unpaired) electrons. The van der Waals surface area contributed by atoms with Crippen molar-refractivity contribution in [3.05, 3.63) is 40.8 Å². The van der Waals surface area contributed by atoms with Gasteiger partial charge < -0.3 is 10.1 Å². The van der Waals surface area contributed by atoms with Gasteiger partial charge in [0.05, 0.1) is 30.2 Å². The van der Waals surface area contributed by atoms with Crippen LogP contribution in [0.1, 0.15) is 11.6 Å². The Kier molecular flexibility index (Phi) is 4.52. The van der Waals surface area contributed by atoms with Gasteiger partial charge in [-0.1, -0.05) is 11.3 Å². The van der Waals surface area contributed by atoms with Crippen molar-refractivity contribution in [1.82, 2.24) is 14.9 Å². The van der Waals surface area contributed by atoms with Crippen molar-refractivity contribution in [2.45, 2.75) is 6.04 Å². The van der Waals surface area contributed by atoms with Gasteiger partial charge in [-0.15, -0.1) is 0 Å². The molecule has 4 rings (SSSR count). The molecule has 1 fully saturated rings. The summed E-state index contributed by atoms with van der Waals surface area (Å²) in [6.45, 7) is 4.43. The van der Waals surface area contributed by atoms with Crippen LogP contribution >= 0.6 is 22.7 Å². The Morgan fingerprint density at radius 2 is 2.22 bits per heavy atom. The van der Waals surface area contributed by atoms with E-state index in [9.17, 15) is 0 Å². The van der Waals surface area contributed by atoms with Crippen molar-refractivity contribution >= 4 is 38.0 Å². The number of thiophene rings is 1. The van der Waals surface area contributed by atoms with E-state index < -0.39 is 0 Å². The number of anilines is 1. The fourth-order valence-electron chi connectivity index (χ4n) is 2.85. The summed E-state index contributed by atoms with van der Waals surface area (Å²) < 4.78 is 6.66. The van der Waals surface area contributed by atoms with Crippen molar-refractivity contribution in [2.75, 3.05) is 38.2 Å². The molecular formula is C16H18N4OS2. The molecule has 7 heteroatoms. The molecule has 3 aromatic rings. The Bertz CT molecular complexity index is 719. The van der Waals surface area contributed by atoms with Crippen LogP contribution in [0.15, 0.2) is 35.3 Å². The van der Waals surface area contributed by atoms with E-state index in [1.807, 2.05) is 18.5 Å². The molecule has 5 nitrogen and oxygen atoms in total. The molecule has 1 N–H and O–H groups in total. The normalized spacial score (nSPS) is 17.4. The summed E-state index contributed by atoms with van der Waals surface area (Å²) in [6, 6.07) is 4.58. The number of nitrogens with zero attached hydrogens (tertiary/aromatic N) is 3. The van der Waals surface area contributed by atoms with Crippen LogP contribution < -0.4 is 5.32 Å². The van der Waals surface area contributed by atoms with Gasteiger partial charge in [0, 0.05) is 25.8 Å². The van der Waals surface area contributed by atoms with E-state index >= 15 is 0 Å². The summed E-state index contributed by atoms with van der Waals surface area (Å²) in [7, 11) is 0. The second kappa shape index (κ2) is 6.92. The third-order valence-electron chi connectivity index (χ3n) is 4.05. The number of hydrogen-bond donors (Lipinski definition) is 1. The molecule has 3 aromatic heterocycles. The summed E-state index contributed by atoms with van der Waals surface area (Å²) in [5, 5.41) is 8.87. The van der Waals surface area contributed by atoms with Crippen molar-refractivity contribution in [2.24, 2.45) is 0 Å². The highest BCUT2D eigenvalue weighted by atomic mass is 32.1.